The number of likely N-dealkylation sites (tertiary alicyclic amines) is 1. The SMILES string of the molecule is COc1ccc(N2C(=O)N(c3c(Cl)ccnc3C(F)F)Cc3cnc(Nc4ccc(C5CCN(C)CC5)cc4OC)nc32)nc1. The van der Waals surface area contributed by atoms with Gasteiger partial charge in [-0.15, -0.1) is 0 Å². The number of anilines is 5. The number of urea groups is 1. The molecule has 5 heterocycles. The predicted molar refractivity (Wildman–Crippen MR) is 166 cm³/mol. The zero-order valence-electron chi connectivity index (χ0n) is 24.9. The molecule has 0 saturated carbocycles. The van der Waals surface area contributed by atoms with E-state index in [0.717, 1.165) is 30.8 Å². The standard InChI is InChI=1S/C31H31ClF2N8O3/c1-40-12-9-18(10-13-40)19-4-6-23(24(14-19)45-3)38-30-37-15-20-17-41(27-22(32)8-11-35-26(27)28(33)34)31(43)42(29(20)39-30)25-7-5-21(44-2)16-36-25/h4-8,11,14-16,18,28H,9-10,12-13,17H2,1-3H3,(H,37,38,39). The minimum absolute atomic E-state index is 0.0465. The molecule has 2 aliphatic heterocycles. The Kier molecular flexibility index (Phi) is 8.63. The van der Waals surface area contributed by atoms with Crippen LogP contribution in [0.1, 0.15) is 42.0 Å². The van der Waals surface area contributed by atoms with Gasteiger partial charge in [-0.1, -0.05) is 17.7 Å². The number of hydrogen-bond acceptors (Lipinski definition) is 9. The first-order chi connectivity index (χ1) is 21.8. The molecule has 1 saturated heterocycles. The Balaban J connectivity index is 1.37. The van der Waals surface area contributed by atoms with Crippen molar-refractivity contribution >= 4 is 46.6 Å². The normalized spacial score (nSPS) is 15.8. The third kappa shape index (κ3) is 6.05. The Hall–Kier alpha value is -4.62. The summed E-state index contributed by atoms with van der Waals surface area (Å²) in [7, 11) is 5.23. The zero-order chi connectivity index (χ0) is 31.7. The number of nitrogens with zero attached hydrogens (tertiary/aromatic N) is 7. The van der Waals surface area contributed by atoms with Crippen molar-refractivity contribution in [2.24, 2.45) is 0 Å². The van der Waals surface area contributed by atoms with Crippen molar-refractivity contribution in [3.8, 4) is 11.5 Å². The van der Waals surface area contributed by atoms with Gasteiger partial charge in [-0.3, -0.25) is 9.88 Å². The van der Waals surface area contributed by atoms with Crippen LogP contribution in [0.3, 0.4) is 0 Å². The van der Waals surface area contributed by atoms with E-state index in [1.807, 2.05) is 12.1 Å². The number of halogens is 3. The van der Waals surface area contributed by atoms with E-state index in [1.165, 1.54) is 42.2 Å². The first-order valence-electron chi connectivity index (χ1n) is 14.3. The summed E-state index contributed by atoms with van der Waals surface area (Å²) in [6.07, 6.45) is 3.33. The number of rotatable bonds is 8. The third-order valence-corrected chi connectivity index (χ3v) is 8.34. The van der Waals surface area contributed by atoms with Crippen LogP contribution in [0.5, 0.6) is 11.5 Å². The van der Waals surface area contributed by atoms with E-state index >= 15 is 0 Å². The van der Waals surface area contributed by atoms with Gasteiger partial charge in [0.05, 0.1) is 43.4 Å². The molecule has 45 heavy (non-hydrogen) atoms. The van der Waals surface area contributed by atoms with Crippen LogP contribution in [0.25, 0.3) is 0 Å². The molecule has 0 spiro atoms. The van der Waals surface area contributed by atoms with Crippen LogP contribution in [-0.2, 0) is 6.54 Å². The molecule has 4 aromatic rings. The number of aromatic nitrogens is 4. The molecular weight excluding hydrogens is 606 g/mol. The van der Waals surface area contributed by atoms with Gasteiger partial charge >= 0.3 is 6.03 Å². The molecule has 1 N–H and O–H groups in total. The second-order valence-electron chi connectivity index (χ2n) is 10.8. The number of alkyl halides is 2. The van der Waals surface area contributed by atoms with Gasteiger partial charge < -0.3 is 19.7 Å². The highest BCUT2D eigenvalue weighted by molar-refractivity contribution is 6.34. The molecule has 1 fully saturated rings. The minimum atomic E-state index is -2.97. The van der Waals surface area contributed by atoms with E-state index in [0.29, 0.717) is 28.7 Å². The summed E-state index contributed by atoms with van der Waals surface area (Å²) in [5, 5.41) is 3.17. The fraction of sp³-hybridized carbons (Fsp3) is 0.323. The van der Waals surface area contributed by atoms with Crippen molar-refractivity contribution in [3.63, 3.8) is 0 Å². The first-order valence-corrected chi connectivity index (χ1v) is 14.7. The number of methoxy groups -OCH3 is 2. The molecular formula is C31H31ClF2N8O3. The van der Waals surface area contributed by atoms with Gasteiger partial charge in [0.15, 0.2) is 5.82 Å². The fourth-order valence-corrected chi connectivity index (χ4v) is 5.87. The maximum Gasteiger partial charge on any atom is 0.336 e. The molecule has 6 rings (SSSR count). The van der Waals surface area contributed by atoms with Gasteiger partial charge in [0.2, 0.25) is 5.95 Å². The van der Waals surface area contributed by atoms with Crippen LogP contribution in [0.4, 0.5) is 42.5 Å². The highest BCUT2D eigenvalue weighted by atomic mass is 35.5. The average Bonchev–Trinajstić information content (AvgIpc) is 3.05. The topological polar surface area (TPSA) is 109 Å². The van der Waals surface area contributed by atoms with E-state index in [2.05, 4.69) is 38.3 Å². The van der Waals surface area contributed by atoms with Crippen molar-refractivity contribution < 1.29 is 23.0 Å². The summed E-state index contributed by atoms with van der Waals surface area (Å²) in [5.74, 6) is 2.17. The second-order valence-corrected chi connectivity index (χ2v) is 11.2. The summed E-state index contributed by atoms with van der Waals surface area (Å²) >= 11 is 6.37. The largest absolute Gasteiger partial charge is 0.495 e. The van der Waals surface area contributed by atoms with Crippen LogP contribution < -0.4 is 24.6 Å². The first kappa shape index (κ1) is 30.4. The molecule has 0 aliphatic carbocycles. The van der Waals surface area contributed by atoms with E-state index in [-0.39, 0.29) is 34.8 Å². The molecule has 1 aromatic carbocycles. The lowest BCUT2D eigenvalue weighted by Gasteiger charge is -2.36. The smallest absolute Gasteiger partial charge is 0.336 e. The van der Waals surface area contributed by atoms with Crippen LogP contribution in [0.15, 0.2) is 55.0 Å². The molecule has 2 amide bonds. The van der Waals surface area contributed by atoms with Crippen molar-refractivity contribution in [2.75, 3.05) is 49.5 Å². The van der Waals surface area contributed by atoms with E-state index in [4.69, 9.17) is 26.1 Å². The Bertz CT molecular complexity index is 1700. The van der Waals surface area contributed by atoms with Gasteiger partial charge in [-0.25, -0.2) is 28.4 Å². The second kappa shape index (κ2) is 12.8. The number of pyridine rings is 2. The Morgan fingerprint density at radius 3 is 2.51 bits per heavy atom. The van der Waals surface area contributed by atoms with Gasteiger partial charge in [-0.2, -0.15) is 4.98 Å². The number of carbonyl (C=O) groups is 1. The third-order valence-electron chi connectivity index (χ3n) is 8.03. The lowest BCUT2D eigenvalue weighted by Crippen LogP contribution is -2.46. The number of nitrogens with one attached hydrogen (secondary N) is 1. The Morgan fingerprint density at radius 2 is 1.82 bits per heavy atom. The number of amides is 2. The molecule has 0 radical (unpaired) electrons. The molecule has 2 aliphatic rings. The van der Waals surface area contributed by atoms with E-state index in [1.54, 1.807) is 19.2 Å². The lowest BCUT2D eigenvalue weighted by atomic mass is 9.89. The highest BCUT2D eigenvalue weighted by Crippen LogP contribution is 2.41. The molecule has 11 nitrogen and oxygen atoms in total. The predicted octanol–water partition coefficient (Wildman–Crippen LogP) is 6.71. The van der Waals surface area contributed by atoms with Gasteiger partial charge in [0.25, 0.3) is 6.43 Å². The monoisotopic (exact) mass is 636 g/mol. The lowest BCUT2D eigenvalue weighted by molar-refractivity contribution is 0.146. The van der Waals surface area contributed by atoms with Crippen LogP contribution >= 0.6 is 11.6 Å². The summed E-state index contributed by atoms with van der Waals surface area (Å²) < 4.78 is 39.0. The Morgan fingerprint density at radius 1 is 1.02 bits per heavy atom. The summed E-state index contributed by atoms with van der Waals surface area (Å²) in [5.41, 5.74) is 1.52. The number of benzene rings is 1. The number of piperidine rings is 1. The quantitative estimate of drug-likeness (QED) is 0.226. The van der Waals surface area contributed by atoms with E-state index in [9.17, 15) is 13.6 Å². The van der Waals surface area contributed by atoms with Crippen molar-refractivity contribution in [1.29, 1.82) is 0 Å². The fourth-order valence-electron chi connectivity index (χ4n) is 5.62. The molecule has 0 unspecified atom stereocenters. The van der Waals surface area contributed by atoms with Crippen molar-refractivity contribution in [3.05, 3.63) is 76.8 Å². The maximum absolute atomic E-state index is 14.1. The number of carbonyl (C=O) groups excluding carboxylic acids is 1. The molecule has 0 bridgehead atoms. The highest BCUT2D eigenvalue weighted by Gasteiger charge is 2.38. The number of fused-ring (bicyclic) bond motifs is 1. The van der Waals surface area contributed by atoms with Crippen LogP contribution in [-0.4, -0.2) is 65.2 Å². The average molecular weight is 637 g/mol. The molecule has 234 valence electrons. The molecule has 0 atom stereocenters. The van der Waals surface area contributed by atoms with Gasteiger partial charge in [0.1, 0.15) is 23.0 Å². The summed E-state index contributed by atoms with van der Waals surface area (Å²) in [6, 6.07) is 9.91. The molecule has 14 heteroatoms. The maximum atomic E-state index is 14.1. The number of hydrogen-bond donors (Lipinski definition) is 1. The number of ether oxygens (including phenoxy) is 2. The van der Waals surface area contributed by atoms with Crippen molar-refractivity contribution in [1.82, 2.24) is 24.8 Å². The minimum Gasteiger partial charge on any atom is -0.495 e. The van der Waals surface area contributed by atoms with Crippen molar-refractivity contribution in [2.45, 2.75) is 31.7 Å². The summed E-state index contributed by atoms with van der Waals surface area (Å²) in [4.78, 5) is 36.1. The zero-order valence-corrected chi connectivity index (χ0v) is 25.6. The van der Waals surface area contributed by atoms with Gasteiger partial charge in [-0.05, 0) is 74.8 Å². The summed E-state index contributed by atoms with van der Waals surface area (Å²) in [6.45, 7) is 1.96. The van der Waals surface area contributed by atoms with E-state index < -0.39 is 18.2 Å². The van der Waals surface area contributed by atoms with Gasteiger partial charge in [0, 0.05) is 18.0 Å². The van der Waals surface area contributed by atoms with Crippen LogP contribution in [0, 0.1) is 0 Å². The Labute approximate surface area is 263 Å². The molecule has 3 aromatic heterocycles. The van der Waals surface area contributed by atoms with Crippen LogP contribution in [0.2, 0.25) is 5.02 Å².